The minimum absolute atomic E-state index is 0.616. The van der Waals surface area contributed by atoms with Crippen LogP contribution in [-0.2, 0) is 0 Å². The molecule has 0 atom stereocenters. The summed E-state index contributed by atoms with van der Waals surface area (Å²) < 4.78 is 9.13. The van der Waals surface area contributed by atoms with Crippen molar-refractivity contribution in [3.05, 3.63) is 182 Å². The summed E-state index contributed by atoms with van der Waals surface area (Å²) in [4.78, 5) is 15.0. The van der Waals surface area contributed by atoms with Crippen molar-refractivity contribution < 1.29 is 4.42 Å². The van der Waals surface area contributed by atoms with Gasteiger partial charge in [0, 0.05) is 47.6 Å². The molecule has 3 aromatic heterocycles. The summed E-state index contributed by atoms with van der Waals surface area (Å²) in [7, 11) is 0. The number of fused-ring (bicyclic) bond motifs is 6. The number of nitrogens with zero attached hydrogens (tertiary/aromatic N) is 3. The highest BCUT2D eigenvalue weighted by atomic mass is 32.1. The molecule has 1 aliphatic carbocycles. The van der Waals surface area contributed by atoms with Crippen molar-refractivity contribution in [2.75, 3.05) is 0 Å². The van der Waals surface area contributed by atoms with Crippen molar-refractivity contribution in [2.45, 2.75) is 12.8 Å². The molecule has 0 N–H and O–H groups in total. The number of hydrogen-bond acceptors (Lipinski definition) is 5. The van der Waals surface area contributed by atoms with Gasteiger partial charge in [0.25, 0.3) is 0 Å². The van der Waals surface area contributed by atoms with E-state index in [9.17, 15) is 0 Å². The predicted molar refractivity (Wildman–Crippen MR) is 234 cm³/mol. The number of thiophene rings is 1. The highest BCUT2D eigenvalue weighted by Crippen LogP contribution is 2.39. The summed E-state index contributed by atoms with van der Waals surface area (Å²) in [5.74, 6) is 1.93. The molecule has 264 valence electrons. The molecule has 1 aliphatic rings. The SMILES string of the molecule is C1=CC(c2nc(-c3ccc(-c4ccccc4)cc3)nc(-c3ccc4c(c3)oc3ccc(-c5cccc(-c6ccc7sc8ccccc8c7c6)c5)cc34)n2)=CCC1. The number of aromatic nitrogens is 3. The quantitative estimate of drug-likeness (QED) is 0.171. The fourth-order valence-electron chi connectivity index (χ4n) is 7.86. The number of allylic oxidation sites excluding steroid dienone is 4. The Balaban J connectivity index is 0.952. The Morgan fingerprint density at radius 1 is 0.393 bits per heavy atom. The standard InChI is InChI=1S/C51H33N3OS/c1-3-10-32(11-4-1)33-18-20-35(21-19-33)50-52-49(34-12-5-2-6-13-34)53-51(54-50)40-22-25-41-43-29-38(23-26-45(43)55-46(41)31-40)36-14-9-15-37(28-36)39-24-27-48-44(30-39)42-16-7-8-17-47(42)56-48/h1,3-5,7-31H,2,6H2. The van der Waals surface area contributed by atoms with Gasteiger partial charge in [0.15, 0.2) is 17.5 Å². The van der Waals surface area contributed by atoms with Crippen LogP contribution in [0.3, 0.4) is 0 Å². The Morgan fingerprint density at radius 3 is 1.84 bits per heavy atom. The molecule has 0 radical (unpaired) electrons. The third-order valence-corrected chi connectivity index (χ3v) is 11.9. The third-order valence-electron chi connectivity index (χ3n) is 10.8. The summed E-state index contributed by atoms with van der Waals surface area (Å²) in [6.45, 7) is 0. The second kappa shape index (κ2) is 13.4. The molecule has 5 heteroatoms. The highest BCUT2D eigenvalue weighted by Gasteiger charge is 2.17. The molecular formula is C51H33N3OS. The number of rotatable bonds is 6. The molecule has 0 amide bonds. The molecule has 3 heterocycles. The molecule has 10 aromatic rings. The monoisotopic (exact) mass is 735 g/mol. The van der Waals surface area contributed by atoms with Crippen LogP contribution in [0.4, 0.5) is 0 Å². The van der Waals surface area contributed by atoms with E-state index in [2.05, 4.69) is 170 Å². The van der Waals surface area contributed by atoms with Crippen molar-refractivity contribution >= 4 is 59.0 Å². The fourth-order valence-corrected chi connectivity index (χ4v) is 8.95. The third kappa shape index (κ3) is 5.81. The molecule has 0 unspecified atom stereocenters. The van der Waals surface area contributed by atoms with E-state index in [0.717, 1.165) is 62.6 Å². The number of benzene rings is 7. The molecule has 0 bridgehead atoms. The minimum Gasteiger partial charge on any atom is -0.456 e. The van der Waals surface area contributed by atoms with Gasteiger partial charge >= 0.3 is 0 Å². The van der Waals surface area contributed by atoms with Gasteiger partial charge in [-0.15, -0.1) is 11.3 Å². The van der Waals surface area contributed by atoms with Crippen molar-refractivity contribution in [2.24, 2.45) is 0 Å². The van der Waals surface area contributed by atoms with Gasteiger partial charge in [0.05, 0.1) is 0 Å². The zero-order valence-electron chi connectivity index (χ0n) is 30.3. The average molecular weight is 736 g/mol. The van der Waals surface area contributed by atoms with Gasteiger partial charge in [-0.3, -0.25) is 0 Å². The van der Waals surface area contributed by atoms with Gasteiger partial charge in [-0.1, -0.05) is 127 Å². The Bertz CT molecular complexity index is 3190. The molecule has 11 rings (SSSR count). The molecule has 0 fully saturated rings. The normalized spacial score (nSPS) is 12.9. The van der Waals surface area contributed by atoms with Gasteiger partial charge in [-0.25, -0.2) is 15.0 Å². The first kappa shape index (κ1) is 32.5. The molecule has 0 aliphatic heterocycles. The van der Waals surface area contributed by atoms with E-state index in [4.69, 9.17) is 19.4 Å². The Kier molecular flexibility index (Phi) is 7.78. The summed E-state index contributed by atoms with van der Waals surface area (Å²) in [6.07, 6.45) is 8.50. The van der Waals surface area contributed by atoms with Crippen LogP contribution in [0, 0.1) is 0 Å². The molecule has 0 saturated carbocycles. The number of hydrogen-bond donors (Lipinski definition) is 0. The van der Waals surface area contributed by atoms with E-state index >= 15 is 0 Å². The average Bonchev–Trinajstić information content (AvgIpc) is 3.84. The molecular weight excluding hydrogens is 703 g/mol. The first-order chi connectivity index (χ1) is 27.7. The lowest BCUT2D eigenvalue weighted by molar-refractivity contribution is 0.669. The van der Waals surface area contributed by atoms with Crippen molar-refractivity contribution in [1.82, 2.24) is 15.0 Å². The van der Waals surface area contributed by atoms with Crippen LogP contribution in [0.2, 0.25) is 0 Å². The molecule has 7 aromatic carbocycles. The van der Waals surface area contributed by atoms with Crippen LogP contribution in [0.25, 0.3) is 104 Å². The second-order valence-corrected chi connectivity index (χ2v) is 15.4. The zero-order valence-corrected chi connectivity index (χ0v) is 31.1. The summed E-state index contributed by atoms with van der Waals surface area (Å²) >= 11 is 1.85. The van der Waals surface area contributed by atoms with E-state index in [1.807, 2.05) is 17.4 Å². The van der Waals surface area contributed by atoms with Crippen LogP contribution in [0.1, 0.15) is 18.7 Å². The highest BCUT2D eigenvalue weighted by molar-refractivity contribution is 7.25. The van der Waals surface area contributed by atoms with Crippen molar-refractivity contribution in [3.8, 4) is 56.2 Å². The lowest BCUT2D eigenvalue weighted by Crippen LogP contribution is -2.03. The lowest BCUT2D eigenvalue weighted by Gasteiger charge is -2.11. The summed E-state index contributed by atoms with van der Waals surface area (Å²) in [5.41, 5.74) is 11.5. The molecule has 56 heavy (non-hydrogen) atoms. The summed E-state index contributed by atoms with van der Waals surface area (Å²) in [6, 6.07) is 55.9. The van der Waals surface area contributed by atoms with E-state index in [1.54, 1.807) is 0 Å². The van der Waals surface area contributed by atoms with Crippen LogP contribution < -0.4 is 0 Å². The second-order valence-electron chi connectivity index (χ2n) is 14.3. The van der Waals surface area contributed by atoms with Gasteiger partial charge in [-0.2, -0.15) is 0 Å². The van der Waals surface area contributed by atoms with Crippen LogP contribution in [-0.4, -0.2) is 15.0 Å². The van der Waals surface area contributed by atoms with E-state index in [0.29, 0.717) is 17.5 Å². The van der Waals surface area contributed by atoms with Gasteiger partial charge in [0.2, 0.25) is 0 Å². The molecule has 0 saturated heterocycles. The maximum Gasteiger partial charge on any atom is 0.164 e. The van der Waals surface area contributed by atoms with Crippen LogP contribution >= 0.6 is 11.3 Å². The van der Waals surface area contributed by atoms with E-state index in [-0.39, 0.29) is 0 Å². The fraction of sp³-hybridized carbons (Fsp3) is 0.0392. The molecule has 4 nitrogen and oxygen atoms in total. The Labute approximate surface area is 327 Å². The zero-order chi connectivity index (χ0) is 37.0. The lowest BCUT2D eigenvalue weighted by atomic mass is 9.97. The topological polar surface area (TPSA) is 51.8 Å². The first-order valence-electron chi connectivity index (χ1n) is 19.0. The number of furan rings is 1. The van der Waals surface area contributed by atoms with Crippen LogP contribution in [0.15, 0.2) is 180 Å². The maximum atomic E-state index is 6.49. The molecule has 0 spiro atoms. The van der Waals surface area contributed by atoms with Gasteiger partial charge < -0.3 is 4.42 Å². The largest absolute Gasteiger partial charge is 0.456 e. The Hall–Kier alpha value is -6.95. The Morgan fingerprint density at radius 2 is 1.02 bits per heavy atom. The van der Waals surface area contributed by atoms with Crippen LogP contribution in [0.5, 0.6) is 0 Å². The van der Waals surface area contributed by atoms with Crippen molar-refractivity contribution in [1.29, 1.82) is 0 Å². The summed E-state index contributed by atoms with van der Waals surface area (Å²) in [5, 5.41) is 4.76. The van der Waals surface area contributed by atoms with Gasteiger partial charge in [-0.05, 0) is 94.8 Å². The first-order valence-corrected chi connectivity index (χ1v) is 19.8. The van der Waals surface area contributed by atoms with E-state index in [1.165, 1.54) is 42.4 Å². The smallest absolute Gasteiger partial charge is 0.164 e. The van der Waals surface area contributed by atoms with Crippen molar-refractivity contribution in [3.63, 3.8) is 0 Å². The maximum absolute atomic E-state index is 6.49. The predicted octanol–water partition coefficient (Wildman–Crippen LogP) is 14.2. The van der Waals surface area contributed by atoms with Gasteiger partial charge in [0.1, 0.15) is 11.2 Å². The minimum atomic E-state index is 0.616. The van der Waals surface area contributed by atoms with E-state index < -0.39 is 0 Å².